The van der Waals surface area contributed by atoms with E-state index in [-0.39, 0.29) is 30.7 Å². The minimum Gasteiger partial charge on any atom is -0.493 e. The maximum Gasteiger partial charge on any atom is 0.261 e. The molecule has 1 heterocycles. The Morgan fingerprint density at radius 2 is 1.65 bits per heavy atom. The van der Waals surface area contributed by atoms with Gasteiger partial charge in [-0.1, -0.05) is 12.1 Å². The smallest absolute Gasteiger partial charge is 0.261 e. The number of fused-ring (bicyclic) bond motifs is 1. The van der Waals surface area contributed by atoms with E-state index in [9.17, 15) is 14.0 Å². The first kappa shape index (κ1) is 15.0. The first-order valence-corrected chi connectivity index (χ1v) is 7.03. The number of benzene rings is 2. The van der Waals surface area contributed by atoms with E-state index in [1.165, 1.54) is 25.3 Å². The van der Waals surface area contributed by atoms with Gasteiger partial charge in [0, 0.05) is 6.07 Å². The molecule has 2 amide bonds. The van der Waals surface area contributed by atoms with Crippen molar-refractivity contribution in [2.24, 2.45) is 0 Å². The fraction of sp³-hybridized carbons (Fsp3) is 0.176. The molecule has 1 aliphatic heterocycles. The minimum atomic E-state index is -0.457. The van der Waals surface area contributed by atoms with Gasteiger partial charge >= 0.3 is 0 Å². The summed E-state index contributed by atoms with van der Waals surface area (Å²) in [5.41, 5.74) is 0.779. The Balaban J connectivity index is 1.68. The summed E-state index contributed by atoms with van der Waals surface area (Å²) < 4.78 is 23.8. The molecule has 2 aromatic rings. The van der Waals surface area contributed by atoms with Gasteiger partial charge in [0.1, 0.15) is 12.4 Å². The minimum absolute atomic E-state index is 0.0469. The molecule has 6 heteroatoms. The molecule has 0 radical (unpaired) electrons. The summed E-state index contributed by atoms with van der Waals surface area (Å²) >= 11 is 0. The number of hydrogen-bond acceptors (Lipinski definition) is 4. The predicted octanol–water partition coefficient (Wildman–Crippen LogP) is 2.51. The Hall–Kier alpha value is -2.89. The predicted molar refractivity (Wildman–Crippen MR) is 80.3 cm³/mol. The Labute approximate surface area is 132 Å². The van der Waals surface area contributed by atoms with Crippen molar-refractivity contribution in [2.45, 2.75) is 0 Å². The van der Waals surface area contributed by atoms with E-state index < -0.39 is 5.82 Å². The zero-order chi connectivity index (χ0) is 16.4. The first-order valence-electron chi connectivity index (χ1n) is 7.03. The quantitative estimate of drug-likeness (QED) is 0.796. The van der Waals surface area contributed by atoms with Crippen molar-refractivity contribution in [3.05, 3.63) is 59.4 Å². The van der Waals surface area contributed by atoms with Crippen LogP contribution in [0.4, 0.5) is 4.39 Å². The van der Waals surface area contributed by atoms with Gasteiger partial charge in [-0.05, 0) is 24.3 Å². The highest BCUT2D eigenvalue weighted by molar-refractivity contribution is 6.21. The Morgan fingerprint density at radius 1 is 1.00 bits per heavy atom. The summed E-state index contributed by atoms with van der Waals surface area (Å²) in [5.74, 6) is -0.541. The second-order valence-electron chi connectivity index (χ2n) is 4.95. The standard InChI is InChI=1S/C17H14FNO4/c1-22-14-7-6-11(18)10-15(14)23-9-8-19-16(20)12-4-2-3-5-13(12)17(19)21/h2-7,10H,8-9H2,1H3. The summed E-state index contributed by atoms with van der Waals surface area (Å²) in [7, 11) is 1.45. The van der Waals surface area contributed by atoms with Crippen LogP contribution in [-0.4, -0.2) is 37.0 Å². The van der Waals surface area contributed by atoms with Crippen molar-refractivity contribution < 1.29 is 23.5 Å². The number of imide groups is 1. The number of hydrogen-bond donors (Lipinski definition) is 0. The van der Waals surface area contributed by atoms with Gasteiger partial charge in [-0.2, -0.15) is 0 Å². The van der Waals surface area contributed by atoms with Crippen LogP contribution in [0, 0.1) is 5.82 Å². The maximum absolute atomic E-state index is 13.3. The fourth-order valence-electron chi connectivity index (χ4n) is 2.45. The van der Waals surface area contributed by atoms with Crippen LogP contribution in [0.1, 0.15) is 20.7 Å². The topological polar surface area (TPSA) is 55.8 Å². The lowest BCUT2D eigenvalue weighted by atomic mass is 10.1. The van der Waals surface area contributed by atoms with Gasteiger partial charge in [0.2, 0.25) is 0 Å². The number of nitrogens with zero attached hydrogens (tertiary/aromatic N) is 1. The number of carbonyl (C=O) groups is 2. The van der Waals surface area contributed by atoms with Gasteiger partial charge in [0.25, 0.3) is 11.8 Å². The number of ether oxygens (including phenoxy) is 2. The van der Waals surface area contributed by atoms with E-state index in [0.29, 0.717) is 16.9 Å². The van der Waals surface area contributed by atoms with E-state index >= 15 is 0 Å². The number of methoxy groups -OCH3 is 1. The second kappa shape index (κ2) is 6.08. The van der Waals surface area contributed by atoms with Crippen molar-refractivity contribution in [1.82, 2.24) is 4.90 Å². The summed E-state index contributed by atoms with van der Waals surface area (Å²) in [5, 5.41) is 0. The first-order chi connectivity index (χ1) is 11.1. The second-order valence-corrected chi connectivity index (χ2v) is 4.95. The van der Waals surface area contributed by atoms with Crippen LogP contribution >= 0.6 is 0 Å². The Bertz CT molecular complexity index is 740. The van der Waals surface area contributed by atoms with E-state index in [1.54, 1.807) is 24.3 Å². The average molecular weight is 315 g/mol. The highest BCUT2D eigenvalue weighted by Crippen LogP contribution is 2.28. The van der Waals surface area contributed by atoms with Gasteiger partial charge < -0.3 is 9.47 Å². The maximum atomic E-state index is 13.3. The SMILES string of the molecule is COc1ccc(F)cc1OCCN1C(=O)c2ccccc2C1=O. The molecule has 0 aliphatic carbocycles. The van der Waals surface area contributed by atoms with Gasteiger partial charge in [-0.3, -0.25) is 14.5 Å². The lowest BCUT2D eigenvalue weighted by Gasteiger charge is -2.15. The van der Waals surface area contributed by atoms with Gasteiger partial charge in [-0.25, -0.2) is 4.39 Å². The molecule has 0 fully saturated rings. The van der Waals surface area contributed by atoms with Crippen LogP contribution in [0.5, 0.6) is 11.5 Å². The number of halogens is 1. The van der Waals surface area contributed by atoms with Crippen LogP contribution in [0.15, 0.2) is 42.5 Å². The highest BCUT2D eigenvalue weighted by atomic mass is 19.1. The summed E-state index contributed by atoms with van der Waals surface area (Å²) in [6.07, 6.45) is 0. The Morgan fingerprint density at radius 3 is 2.26 bits per heavy atom. The molecule has 0 unspecified atom stereocenters. The van der Waals surface area contributed by atoms with E-state index in [2.05, 4.69) is 0 Å². The third-order valence-corrected chi connectivity index (χ3v) is 3.58. The largest absolute Gasteiger partial charge is 0.493 e. The zero-order valence-electron chi connectivity index (χ0n) is 12.4. The number of amides is 2. The van der Waals surface area contributed by atoms with Crippen molar-refractivity contribution in [3.63, 3.8) is 0 Å². The lowest BCUT2D eigenvalue weighted by molar-refractivity contribution is 0.0630. The number of rotatable bonds is 5. The molecule has 0 atom stereocenters. The molecule has 0 saturated carbocycles. The van der Waals surface area contributed by atoms with Crippen molar-refractivity contribution >= 4 is 11.8 Å². The molecule has 23 heavy (non-hydrogen) atoms. The summed E-state index contributed by atoms with van der Waals surface area (Å²) in [6.45, 7) is 0.122. The fourth-order valence-corrected chi connectivity index (χ4v) is 2.45. The highest BCUT2D eigenvalue weighted by Gasteiger charge is 2.34. The summed E-state index contributed by atoms with van der Waals surface area (Å²) in [4.78, 5) is 25.5. The third-order valence-electron chi connectivity index (χ3n) is 3.58. The zero-order valence-corrected chi connectivity index (χ0v) is 12.4. The van der Waals surface area contributed by atoms with Crippen LogP contribution in [0.25, 0.3) is 0 Å². The molecule has 0 bridgehead atoms. The van der Waals surface area contributed by atoms with Crippen LogP contribution < -0.4 is 9.47 Å². The molecule has 5 nitrogen and oxygen atoms in total. The molecule has 0 spiro atoms. The Kier molecular flexibility index (Phi) is 3.97. The third kappa shape index (κ3) is 2.75. The molecule has 0 N–H and O–H groups in total. The van der Waals surface area contributed by atoms with Gasteiger partial charge in [0.05, 0.1) is 24.8 Å². The average Bonchev–Trinajstić information content (AvgIpc) is 2.80. The van der Waals surface area contributed by atoms with Crippen LogP contribution in [0.3, 0.4) is 0 Å². The summed E-state index contributed by atoms with van der Waals surface area (Å²) in [6, 6.07) is 10.6. The van der Waals surface area contributed by atoms with Crippen molar-refractivity contribution in [2.75, 3.05) is 20.3 Å². The number of carbonyl (C=O) groups excluding carboxylic acids is 2. The molecule has 2 aromatic carbocycles. The van der Waals surface area contributed by atoms with Gasteiger partial charge in [-0.15, -0.1) is 0 Å². The lowest BCUT2D eigenvalue weighted by Crippen LogP contribution is -2.33. The molecule has 1 aliphatic rings. The van der Waals surface area contributed by atoms with Crippen LogP contribution in [0.2, 0.25) is 0 Å². The molecular formula is C17H14FNO4. The van der Waals surface area contributed by atoms with E-state index in [0.717, 1.165) is 4.90 Å². The van der Waals surface area contributed by atoms with Crippen molar-refractivity contribution in [1.29, 1.82) is 0 Å². The van der Waals surface area contributed by atoms with E-state index in [1.807, 2.05) is 0 Å². The van der Waals surface area contributed by atoms with E-state index in [4.69, 9.17) is 9.47 Å². The van der Waals surface area contributed by atoms with Crippen LogP contribution in [-0.2, 0) is 0 Å². The molecular weight excluding hydrogens is 301 g/mol. The molecule has 0 saturated heterocycles. The normalized spacial score (nSPS) is 13.2. The molecule has 3 rings (SSSR count). The van der Waals surface area contributed by atoms with Gasteiger partial charge in [0.15, 0.2) is 11.5 Å². The molecule has 0 aromatic heterocycles. The molecule has 118 valence electrons. The van der Waals surface area contributed by atoms with Crippen molar-refractivity contribution in [3.8, 4) is 11.5 Å². The monoisotopic (exact) mass is 315 g/mol.